The maximum absolute atomic E-state index is 12.8. The number of benzene rings is 1. The quantitative estimate of drug-likeness (QED) is 0.749. The molecule has 2 aromatic heterocycles. The van der Waals surface area contributed by atoms with Crippen molar-refractivity contribution in [3.63, 3.8) is 0 Å². The van der Waals surface area contributed by atoms with Crippen molar-refractivity contribution in [3.05, 3.63) is 50.7 Å². The molecule has 4 nitrogen and oxygen atoms in total. The number of thiazole rings is 1. The molecule has 6 heteroatoms. The molecule has 1 saturated heterocycles. The van der Waals surface area contributed by atoms with Gasteiger partial charge in [-0.3, -0.25) is 4.79 Å². The third-order valence-electron chi connectivity index (χ3n) is 5.11. The summed E-state index contributed by atoms with van der Waals surface area (Å²) in [7, 11) is 0. The van der Waals surface area contributed by atoms with E-state index in [0.29, 0.717) is 0 Å². The Kier molecular flexibility index (Phi) is 5.07. The van der Waals surface area contributed by atoms with Gasteiger partial charge in [-0.25, -0.2) is 4.98 Å². The first-order valence-electron chi connectivity index (χ1n) is 9.20. The molecule has 3 aromatic rings. The Labute approximate surface area is 162 Å². The second kappa shape index (κ2) is 7.47. The molecule has 26 heavy (non-hydrogen) atoms. The van der Waals surface area contributed by atoms with E-state index in [9.17, 15) is 4.79 Å². The summed E-state index contributed by atoms with van der Waals surface area (Å²) in [6.45, 7) is 8.86. The molecule has 0 aliphatic carbocycles. The second-order valence-corrected chi connectivity index (χ2v) is 9.21. The number of carbonyl (C=O) groups excluding carboxylic acids is 1. The van der Waals surface area contributed by atoms with Crippen molar-refractivity contribution < 1.29 is 9.69 Å². The largest absolute Gasteiger partial charge is 0.327 e. The lowest BCUT2D eigenvalue weighted by Gasteiger charge is -2.31. The summed E-state index contributed by atoms with van der Waals surface area (Å²) < 4.78 is 1.26. The van der Waals surface area contributed by atoms with E-state index in [1.807, 2.05) is 11.0 Å². The Morgan fingerprint density at radius 3 is 2.69 bits per heavy atom. The predicted octanol–water partition coefficient (Wildman–Crippen LogP) is 2.77. The Balaban J connectivity index is 1.36. The Morgan fingerprint density at radius 1 is 1.23 bits per heavy atom. The van der Waals surface area contributed by atoms with Gasteiger partial charge in [0, 0.05) is 4.88 Å². The van der Waals surface area contributed by atoms with Gasteiger partial charge in [-0.1, -0.05) is 19.1 Å². The molecular weight excluding hydrogens is 362 g/mol. The summed E-state index contributed by atoms with van der Waals surface area (Å²) in [5.41, 5.74) is 2.40. The van der Waals surface area contributed by atoms with Crippen LogP contribution in [0.15, 0.2) is 30.3 Å². The zero-order valence-electron chi connectivity index (χ0n) is 15.2. The average Bonchev–Trinajstić information content (AvgIpc) is 3.24. The highest BCUT2D eigenvalue weighted by Gasteiger charge is 2.26. The number of aromatic nitrogens is 1. The van der Waals surface area contributed by atoms with Gasteiger partial charge >= 0.3 is 0 Å². The summed E-state index contributed by atoms with van der Waals surface area (Å²) in [4.78, 5) is 23.2. The molecule has 136 valence electrons. The highest BCUT2D eigenvalue weighted by atomic mass is 32.1. The molecule has 0 unspecified atom stereocenters. The number of hydrogen-bond donors (Lipinski definition) is 1. The first-order chi connectivity index (χ1) is 12.6. The monoisotopic (exact) mass is 386 g/mol. The van der Waals surface area contributed by atoms with Crippen LogP contribution < -0.4 is 4.90 Å². The van der Waals surface area contributed by atoms with E-state index in [2.05, 4.69) is 38.1 Å². The first-order valence-corrected chi connectivity index (χ1v) is 10.8. The van der Waals surface area contributed by atoms with Gasteiger partial charge in [-0.2, -0.15) is 0 Å². The minimum Gasteiger partial charge on any atom is -0.327 e. The number of aryl methyl sites for hydroxylation is 2. The van der Waals surface area contributed by atoms with Crippen molar-refractivity contribution in [1.29, 1.82) is 0 Å². The fourth-order valence-corrected chi connectivity index (χ4v) is 5.67. The van der Waals surface area contributed by atoms with Crippen molar-refractivity contribution in [2.24, 2.45) is 0 Å². The fourth-order valence-electron chi connectivity index (χ4n) is 3.54. The number of quaternary nitrogens is 1. The number of para-hydroxylation sites is 1. The van der Waals surface area contributed by atoms with Gasteiger partial charge in [-0.05, 0) is 37.1 Å². The third-order valence-corrected chi connectivity index (χ3v) is 7.23. The highest BCUT2D eigenvalue weighted by molar-refractivity contribution is 7.18. The van der Waals surface area contributed by atoms with Crippen LogP contribution in [0.25, 0.3) is 10.2 Å². The van der Waals surface area contributed by atoms with E-state index in [4.69, 9.17) is 4.98 Å². The fraction of sp³-hybridized carbons (Fsp3) is 0.400. The van der Waals surface area contributed by atoms with Crippen LogP contribution in [-0.4, -0.2) is 42.0 Å². The van der Waals surface area contributed by atoms with Crippen LogP contribution in [0.1, 0.15) is 32.0 Å². The average molecular weight is 387 g/mol. The minimum atomic E-state index is 0.205. The Morgan fingerprint density at radius 2 is 2.00 bits per heavy atom. The Hall–Kier alpha value is -1.76. The molecule has 0 radical (unpaired) electrons. The van der Waals surface area contributed by atoms with Gasteiger partial charge in [0.25, 0.3) is 5.91 Å². The van der Waals surface area contributed by atoms with Crippen LogP contribution in [0.4, 0.5) is 0 Å². The number of hydrogen-bond acceptors (Lipinski definition) is 4. The van der Waals surface area contributed by atoms with Crippen LogP contribution in [0.5, 0.6) is 0 Å². The number of fused-ring (bicyclic) bond motifs is 1. The summed E-state index contributed by atoms with van der Waals surface area (Å²) in [6.07, 6.45) is 0.996. The van der Waals surface area contributed by atoms with E-state index in [1.165, 1.54) is 25.0 Å². The smallest absolute Gasteiger partial charge is 0.264 e. The SMILES string of the molecule is CCc1cc(C(=O)N2CC[NH+](Cc3nc4ccccc4s3)CC2)sc1C. The van der Waals surface area contributed by atoms with Gasteiger partial charge in [-0.15, -0.1) is 22.7 Å². The highest BCUT2D eigenvalue weighted by Crippen LogP contribution is 2.24. The molecule has 1 N–H and O–H groups in total. The van der Waals surface area contributed by atoms with Gasteiger partial charge < -0.3 is 9.80 Å². The van der Waals surface area contributed by atoms with Gasteiger partial charge in [0.05, 0.1) is 41.3 Å². The van der Waals surface area contributed by atoms with Crippen LogP contribution in [0.2, 0.25) is 0 Å². The number of piperazine rings is 1. The number of amides is 1. The maximum atomic E-state index is 12.8. The summed E-state index contributed by atoms with van der Waals surface area (Å²) >= 11 is 3.43. The van der Waals surface area contributed by atoms with Crippen LogP contribution >= 0.6 is 22.7 Å². The minimum absolute atomic E-state index is 0.205. The van der Waals surface area contributed by atoms with Crippen LogP contribution in [0.3, 0.4) is 0 Å². The topological polar surface area (TPSA) is 37.6 Å². The van der Waals surface area contributed by atoms with Gasteiger partial charge in [0.1, 0.15) is 11.6 Å². The lowest BCUT2D eigenvalue weighted by Crippen LogP contribution is -3.13. The molecule has 1 aromatic carbocycles. The van der Waals surface area contributed by atoms with Gasteiger partial charge in [0.2, 0.25) is 0 Å². The van der Waals surface area contributed by atoms with Crippen molar-refractivity contribution in [3.8, 4) is 0 Å². The van der Waals surface area contributed by atoms with Crippen molar-refractivity contribution >= 4 is 38.8 Å². The van der Waals surface area contributed by atoms with E-state index < -0.39 is 0 Å². The molecule has 0 saturated carbocycles. The van der Waals surface area contributed by atoms with E-state index >= 15 is 0 Å². The molecule has 0 atom stereocenters. The predicted molar refractivity (Wildman–Crippen MR) is 108 cm³/mol. The van der Waals surface area contributed by atoms with E-state index in [1.54, 1.807) is 22.7 Å². The zero-order valence-corrected chi connectivity index (χ0v) is 16.9. The normalized spacial score (nSPS) is 15.7. The van der Waals surface area contributed by atoms with Gasteiger partial charge in [0.15, 0.2) is 0 Å². The maximum Gasteiger partial charge on any atom is 0.264 e. The zero-order chi connectivity index (χ0) is 18.1. The molecule has 1 fully saturated rings. The van der Waals surface area contributed by atoms with E-state index in [0.717, 1.165) is 49.5 Å². The number of nitrogens with one attached hydrogen (secondary N) is 1. The van der Waals surface area contributed by atoms with Crippen molar-refractivity contribution in [1.82, 2.24) is 9.88 Å². The standard InChI is InChI=1S/C20H23N3OS2/c1-3-15-12-18(25-14(15)2)20(24)23-10-8-22(9-11-23)13-19-21-16-6-4-5-7-17(16)26-19/h4-7,12H,3,8-11,13H2,1-2H3/p+1. The molecule has 1 aliphatic heterocycles. The second-order valence-electron chi connectivity index (χ2n) is 6.84. The number of carbonyl (C=O) groups is 1. The molecule has 0 bridgehead atoms. The van der Waals surface area contributed by atoms with Crippen LogP contribution in [-0.2, 0) is 13.0 Å². The van der Waals surface area contributed by atoms with Crippen LogP contribution in [0, 0.1) is 6.92 Å². The molecule has 3 heterocycles. The lowest BCUT2D eigenvalue weighted by molar-refractivity contribution is -0.917. The molecule has 1 amide bonds. The molecule has 0 spiro atoms. The number of rotatable bonds is 4. The summed E-state index contributed by atoms with van der Waals surface area (Å²) in [5, 5.41) is 1.20. The molecule has 1 aliphatic rings. The van der Waals surface area contributed by atoms with E-state index in [-0.39, 0.29) is 5.91 Å². The van der Waals surface area contributed by atoms with Crippen molar-refractivity contribution in [2.75, 3.05) is 26.2 Å². The number of nitrogens with zero attached hydrogens (tertiary/aromatic N) is 2. The number of thiophene rings is 1. The first kappa shape index (κ1) is 17.6. The molecular formula is C20H24N3OS2+. The summed E-state index contributed by atoms with van der Waals surface area (Å²) in [6, 6.07) is 10.4. The summed E-state index contributed by atoms with van der Waals surface area (Å²) in [5.74, 6) is 0.205. The third kappa shape index (κ3) is 3.54. The molecule has 4 rings (SSSR count). The Bertz CT molecular complexity index is 889. The van der Waals surface area contributed by atoms with Crippen molar-refractivity contribution in [2.45, 2.75) is 26.8 Å². The lowest BCUT2D eigenvalue weighted by atomic mass is 10.2.